The van der Waals surface area contributed by atoms with Gasteiger partial charge >= 0.3 is 13.8 Å². The van der Waals surface area contributed by atoms with Crippen molar-refractivity contribution < 1.29 is 58.5 Å². The van der Waals surface area contributed by atoms with Gasteiger partial charge in [-0.2, -0.15) is 5.11 Å². The van der Waals surface area contributed by atoms with Crippen LogP contribution < -0.4 is 15.0 Å². The number of amides is 1. The number of ether oxygens (including phenoxy) is 3. The molecule has 416 valence electrons. The molecule has 0 aliphatic heterocycles. The van der Waals surface area contributed by atoms with E-state index in [4.69, 9.17) is 31.0 Å². The smallest absolute Gasteiger partial charge is 0.472 e. The maximum atomic E-state index is 13.7. The summed E-state index contributed by atoms with van der Waals surface area (Å²) in [5, 5.41) is 36.5. The van der Waals surface area contributed by atoms with Crippen molar-refractivity contribution in [3.63, 3.8) is 0 Å². The number of aliphatic hydroxyl groups excluding tert-OH is 1. The van der Waals surface area contributed by atoms with Crippen molar-refractivity contribution in [2.24, 2.45) is 26.4 Å². The number of pyridine rings is 1. The number of para-hydroxylation sites is 2. The number of aliphatic hydroxyl groups is 1. The summed E-state index contributed by atoms with van der Waals surface area (Å²) in [5.74, 6) is -1.25. The Morgan fingerprint density at radius 2 is 1.56 bits per heavy atom. The first-order valence-corrected chi connectivity index (χ1v) is 26.9. The van der Waals surface area contributed by atoms with Crippen LogP contribution in [0, 0.1) is 29.9 Å². The minimum atomic E-state index is -4.63. The molecule has 0 saturated heterocycles. The molecule has 6 aromatic rings. The number of carbonyl (C=O) groups is 3. The van der Waals surface area contributed by atoms with Gasteiger partial charge in [-0.1, -0.05) is 68.7 Å². The first-order valence-electron chi connectivity index (χ1n) is 26.5. The van der Waals surface area contributed by atoms with Gasteiger partial charge < -0.3 is 34.4 Å². The van der Waals surface area contributed by atoms with Crippen LogP contribution in [0.3, 0.4) is 0 Å². The number of carbonyl (C=O) groups excluding carboxylic acids is 3. The molecule has 21 nitrogen and oxygen atoms in total. The molecule has 1 amide bonds. The highest BCUT2D eigenvalue weighted by Gasteiger charge is 2.25. The van der Waals surface area contributed by atoms with Crippen molar-refractivity contribution in [2.45, 2.75) is 72.6 Å². The molecule has 0 radical (unpaired) electrons. The first-order chi connectivity index (χ1) is 38.6. The standard InChI is InChI=1S/C55H65N8O12P.CH4O/c1-6-8-28-56-53(65)36-72-37-54(66)73-34-40(16-10-9-11-21-51(64)55-43-17-12-14-19-45(43)57-46-20-15-13-18-44(46)55)35-75-76(69,70)74-30-29-62(7-2)42-25-23-41(24-26-42)58-61-49-32-39(4)48(33-52(49)71-5)60-59-47-27-22-38(3)31-50(47)63(67)68;1-2/h12-15,17-20,22-27,31-33,40H,6-11,16,21,28-30,34-37H2,1-5H3,(H,56,65)(H,69,70);2H,1H3/i2D;2T. The van der Waals surface area contributed by atoms with E-state index in [1.807, 2.05) is 60.4 Å². The number of hydrogen-bond acceptors (Lipinski definition) is 18. The number of anilines is 1. The molecule has 5 aromatic carbocycles. The van der Waals surface area contributed by atoms with E-state index < -0.39 is 31.2 Å². The van der Waals surface area contributed by atoms with Gasteiger partial charge in [-0.25, -0.2) is 14.3 Å². The Labute approximate surface area is 456 Å². The van der Waals surface area contributed by atoms with Crippen molar-refractivity contribution in [1.82, 2.24) is 10.3 Å². The minimum Gasteiger partial charge on any atom is -0.494 e. The van der Waals surface area contributed by atoms with Gasteiger partial charge in [-0.15, -0.1) is 15.3 Å². The summed E-state index contributed by atoms with van der Waals surface area (Å²) in [4.78, 5) is 66.8. The summed E-state index contributed by atoms with van der Waals surface area (Å²) < 4.78 is 53.9. The average molecular weight is 1100 g/mol. The Morgan fingerprint density at radius 3 is 2.24 bits per heavy atom. The normalized spacial score (nSPS) is 12.8. The Kier molecular flexibility index (Phi) is 23.7. The number of Topliss-reactive ketones (excluding diaryl/α,β-unsaturated/α-hetero) is 1. The number of ketones is 1. The number of likely N-dealkylation sites (N-methyl/N-ethyl adjacent to an activating group) is 1. The number of phosphoric ester groups is 1. The number of unbranched alkanes of at least 4 members (excludes halogenated alkanes) is 3. The van der Waals surface area contributed by atoms with Gasteiger partial charge in [0, 0.05) is 74.6 Å². The molecule has 3 N–H and O–H groups in total. The minimum absolute atomic E-state index is 0.00216. The fourth-order valence-corrected chi connectivity index (χ4v) is 8.80. The van der Waals surface area contributed by atoms with E-state index in [0.29, 0.717) is 78.3 Å². The van der Waals surface area contributed by atoms with Crippen LogP contribution in [0.25, 0.3) is 21.8 Å². The number of nitro groups is 1. The summed E-state index contributed by atoms with van der Waals surface area (Å²) in [6, 6.07) is 30.1. The molecule has 0 bridgehead atoms. The van der Waals surface area contributed by atoms with Gasteiger partial charge in [0.15, 0.2) is 11.5 Å². The molecule has 0 spiro atoms. The highest BCUT2D eigenvalue weighted by atomic mass is 31.2. The van der Waals surface area contributed by atoms with Crippen LogP contribution in [0.2, 0.25) is 0 Å². The maximum absolute atomic E-state index is 13.7. The Hall–Kier alpha value is -7.39. The van der Waals surface area contributed by atoms with E-state index in [2.05, 4.69) is 30.9 Å². The van der Waals surface area contributed by atoms with E-state index in [1.165, 1.54) is 26.4 Å². The van der Waals surface area contributed by atoms with Gasteiger partial charge in [-0.05, 0) is 99.7 Å². The number of benzene rings is 5. The third-order valence-corrected chi connectivity index (χ3v) is 13.1. The summed E-state index contributed by atoms with van der Waals surface area (Å²) in [5.41, 5.74) is 5.50. The quantitative estimate of drug-likeness (QED) is 0.00533. The van der Waals surface area contributed by atoms with E-state index in [9.17, 15) is 34.0 Å². The van der Waals surface area contributed by atoms with Gasteiger partial charge in [0.2, 0.25) is 7.34 Å². The van der Waals surface area contributed by atoms with Crippen LogP contribution in [0.15, 0.2) is 124 Å². The second-order valence-electron chi connectivity index (χ2n) is 17.8. The summed E-state index contributed by atoms with van der Waals surface area (Å²) in [6.45, 7) is 5.02. The lowest BCUT2D eigenvalue weighted by atomic mass is 9.95. The molecule has 78 heavy (non-hydrogen) atoms. The SMILES string of the molecule is [2H]CCN(CCOP(=O)(O)OCC(CCCCCC(=O)c1c2ccccc2nc2ccccc12)COC(=O)COCC(=O)NCCCC)c1ccc(N=Nc2cc(C)c(N=Nc3ccc(C)cc3[N+](=O)[O-])cc2OC)cc1.[3H]OC. The zero-order chi connectivity index (χ0) is 57.9. The number of nitro benzene ring substituents is 1. The van der Waals surface area contributed by atoms with E-state index in [-0.39, 0.29) is 69.5 Å². The number of esters is 1. The average Bonchev–Trinajstić information content (AvgIpc) is 3.46. The largest absolute Gasteiger partial charge is 0.494 e. The number of aromatic nitrogens is 1. The van der Waals surface area contributed by atoms with Crippen LogP contribution >= 0.6 is 7.82 Å². The van der Waals surface area contributed by atoms with Crippen LogP contribution in [0.5, 0.6) is 5.75 Å². The molecule has 0 aliphatic rings. The lowest BCUT2D eigenvalue weighted by Crippen LogP contribution is -2.30. The molecule has 6 rings (SSSR count). The van der Waals surface area contributed by atoms with Gasteiger partial charge in [0.05, 0.1) is 54.3 Å². The topological polar surface area (TPSA) is 276 Å². The van der Waals surface area contributed by atoms with Crippen LogP contribution in [-0.2, 0) is 32.7 Å². The molecular weight excluding hydrogens is 1020 g/mol. The molecule has 22 heteroatoms. The van der Waals surface area contributed by atoms with E-state index >= 15 is 0 Å². The number of aryl methyl sites for hydroxylation is 2. The van der Waals surface area contributed by atoms with Gasteiger partial charge in [0.25, 0.3) is 5.69 Å². The second kappa shape index (κ2) is 31.7. The van der Waals surface area contributed by atoms with Crippen molar-refractivity contribution in [3.8, 4) is 5.75 Å². The van der Waals surface area contributed by atoms with E-state index in [0.717, 1.165) is 40.2 Å². The molecule has 2 atom stereocenters. The number of fused-ring (bicyclic) bond motifs is 2. The van der Waals surface area contributed by atoms with Gasteiger partial charge in [0.1, 0.15) is 24.7 Å². The third kappa shape index (κ3) is 19.0. The lowest BCUT2D eigenvalue weighted by Gasteiger charge is -2.24. The monoisotopic (exact) mass is 1100 g/mol. The maximum Gasteiger partial charge on any atom is 0.472 e. The van der Waals surface area contributed by atoms with Crippen molar-refractivity contribution in [3.05, 3.63) is 130 Å². The first kappa shape index (κ1) is 58.3. The number of hydrogen-bond donors (Lipinski definition) is 3. The molecule has 1 heterocycles. The fourth-order valence-electron chi connectivity index (χ4n) is 8.01. The number of azo groups is 2. The highest BCUT2D eigenvalue weighted by molar-refractivity contribution is 7.47. The number of methoxy groups -OCH3 is 1. The Morgan fingerprint density at radius 1 is 0.872 bits per heavy atom. The summed E-state index contributed by atoms with van der Waals surface area (Å²) in [7, 11) is -1.87. The van der Waals surface area contributed by atoms with Crippen molar-refractivity contribution >= 4 is 81.4 Å². The third-order valence-electron chi connectivity index (χ3n) is 12.1. The summed E-state index contributed by atoms with van der Waals surface area (Å²) in [6.07, 6.45) is 4.25. The molecule has 2 unspecified atom stereocenters. The fraction of sp³-hybridized carbons (Fsp3) is 0.393. The van der Waals surface area contributed by atoms with Crippen molar-refractivity contribution in [1.29, 1.82) is 1.43 Å². The predicted octanol–water partition coefficient (Wildman–Crippen LogP) is 12.2. The second-order valence-corrected chi connectivity index (χ2v) is 19.3. The Balaban J connectivity index is 0.00000383. The van der Waals surface area contributed by atoms with Crippen LogP contribution in [-0.4, -0.2) is 106 Å². The Bertz CT molecular complexity index is 3060. The molecule has 0 saturated carbocycles. The number of nitrogens with zero attached hydrogens (tertiary/aromatic N) is 7. The molecule has 0 fully saturated rings. The lowest BCUT2D eigenvalue weighted by molar-refractivity contribution is -0.384. The molecule has 0 aliphatic carbocycles. The number of rotatable bonds is 31. The number of phosphoric acid groups is 1. The zero-order valence-electron chi connectivity index (χ0n) is 46.6. The van der Waals surface area contributed by atoms with Crippen LogP contribution in [0.1, 0.15) is 81.6 Å². The zero-order valence-corrected chi connectivity index (χ0v) is 45.5. The van der Waals surface area contributed by atoms with Crippen LogP contribution in [0.4, 0.5) is 34.1 Å². The predicted molar refractivity (Wildman–Crippen MR) is 298 cm³/mol. The highest BCUT2D eigenvalue weighted by Crippen LogP contribution is 2.44. The molecule has 1 aromatic heterocycles. The summed E-state index contributed by atoms with van der Waals surface area (Å²) >= 11 is 0. The number of nitrogens with one attached hydrogen (secondary N) is 1. The molecular formula is C56H69N8O13P. The van der Waals surface area contributed by atoms with Crippen molar-refractivity contribution in [2.75, 3.05) is 71.8 Å². The van der Waals surface area contributed by atoms with E-state index in [1.54, 1.807) is 56.3 Å². The van der Waals surface area contributed by atoms with Gasteiger partial charge in [-0.3, -0.25) is 28.8 Å².